The average molecular weight is 449 g/mol. The zero-order valence-corrected chi connectivity index (χ0v) is 19.1. The number of ether oxygens (including phenoxy) is 4. The Morgan fingerprint density at radius 2 is 1.75 bits per heavy atom. The summed E-state index contributed by atoms with van der Waals surface area (Å²) in [6.07, 6.45) is 4.01. The Morgan fingerprint density at radius 1 is 1.06 bits per heavy atom. The SMILES string of the molecule is COC(=O)c1ccc(C(=O)OCC[C@@H]2CCC[C@@H]3C[C@@H](C)[C@@]4(C)OO[C@@]23[C@@H](OC)O4)cc1. The van der Waals surface area contributed by atoms with E-state index in [1.54, 1.807) is 31.4 Å². The molecule has 176 valence electrons. The van der Waals surface area contributed by atoms with Gasteiger partial charge in [0.05, 0.1) is 24.8 Å². The summed E-state index contributed by atoms with van der Waals surface area (Å²) in [6, 6.07) is 6.21. The molecule has 0 N–H and O–H groups in total. The standard InChI is InChI=1S/C24H32O8/c1-15-14-19-7-5-6-18(24(19)22(28-4)30-23(15,2)31-32-24)12-13-29-21(26)17-10-8-16(9-11-17)20(25)27-3/h8-11,15,18-19,22H,5-7,12-14H2,1-4H3/t15-,18+,19-,22+,23-,24+/m1/s1. The second-order valence-electron chi connectivity index (χ2n) is 9.18. The first-order valence-electron chi connectivity index (χ1n) is 11.3. The van der Waals surface area contributed by atoms with Gasteiger partial charge in [0.15, 0.2) is 11.9 Å². The quantitative estimate of drug-likeness (QED) is 0.478. The molecule has 4 fully saturated rings. The molecule has 8 nitrogen and oxygen atoms in total. The fourth-order valence-corrected chi connectivity index (χ4v) is 5.42. The molecular weight excluding hydrogens is 416 g/mol. The molecule has 6 atom stereocenters. The van der Waals surface area contributed by atoms with E-state index in [1.165, 1.54) is 7.11 Å². The van der Waals surface area contributed by atoms with Crippen molar-refractivity contribution in [1.29, 1.82) is 0 Å². The summed E-state index contributed by atoms with van der Waals surface area (Å²) in [4.78, 5) is 36.0. The first-order valence-corrected chi connectivity index (χ1v) is 11.3. The van der Waals surface area contributed by atoms with E-state index in [0.717, 1.165) is 25.7 Å². The molecule has 4 aliphatic rings. The zero-order chi connectivity index (χ0) is 22.9. The first-order chi connectivity index (χ1) is 15.3. The van der Waals surface area contributed by atoms with Crippen molar-refractivity contribution in [3.05, 3.63) is 35.4 Å². The maximum absolute atomic E-state index is 12.5. The molecule has 0 radical (unpaired) electrons. The molecular formula is C24H32O8. The van der Waals surface area contributed by atoms with Crippen LogP contribution in [0.15, 0.2) is 24.3 Å². The highest BCUT2D eigenvalue weighted by atomic mass is 17.3. The van der Waals surface area contributed by atoms with Crippen LogP contribution in [0.3, 0.4) is 0 Å². The van der Waals surface area contributed by atoms with Gasteiger partial charge in [-0.3, -0.25) is 0 Å². The van der Waals surface area contributed by atoms with Gasteiger partial charge < -0.3 is 18.9 Å². The highest BCUT2D eigenvalue weighted by Crippen LogP contribution is 2.56. The Labute approximate surface area is 188 Å². The minimum atomic E-state index is -0.837. The van der Waals surface area contributed by atoms with Crippen LogP contribution in [-0.2, 0) is 28.7 Å². The molecule has 1 aliphatic carbocycles. The summed E-state index contributed by atoms with van der Waals surface area (Å²) in [6.45, 7) is 4.26. The van der Waals surface area contributed by atoms with Gasteiger partial charge in [-0.1, -0.05) is 13.3 Å². The number of carbonyl (C=O) groups is 2. The molecule has 3 saturated heterocycles. The lowest BCUT2D eigenvalue weighted by Gasteiger charge is -2.53. The Bertz CT molecular complexity index is 835. The predicted molar refractivity (Wildman–Crippen MR) is 112 cm³/mol. The molecule has 0 unspecified atom stereocenters. The summed E-state index contributed by atoms with van der Waals surface area (Å²) in [5.41, 5.74) is 0.0454. The molecule has 0 aromatic heterocycles. The normalized spacial score (nSPS) is 36.1. The van der Waals surface area contributed by atoms with Crippen LogP contribution in [0.4, 0.5) is 0 Å². The lowest BCUT2D eigenvalue weighted by atomic mass is 9.65. The molecule has 0 amide bonds. The summed E-state index contributed by atoms with van der Waals surface area (Å²) in [5, 5.41) is 0. The van der Waals surface area contributed by atoms with E-state index in [4.69, 9.17) is 24.0 Å². The lowest BCUT2D eigenvalue weighted by molar-refractivity contribution is -0.560. The number of esters is 2. The van der Waals surface area contributed by atoms with Crippen molar-refractivity contribution in [3.63, 3.8) is 0 Å². The summed E-state index contributed by atoms with van der Waals surface area (Å²) >= 11 is 0. The zero-order valence-electron chi connectivity index (χ0n) is 19.1. The third-order valence-corrected chi connectivity index (χ3v) is 7.43. The number of fused-ring (bicyclic) bond motifs is 3. The third kappa shape index (κ3) is 3.94. The van der Waals surface area contributed by atoms with Crippen molar-refractivity contribution in [2.24, 2.45) is 17.8 Å². The number of rotatable bonds is 6. The molecule has 5 rings (SSSR count). The first kappa shape index (κ1) is 23.2. The van der Waals surface area contributed by atoms with Crippen molar-refractivity contribution in [2.45, 2.75) is 63.6 Å². The molecule has 1 spiro atoms. The molecule has 32 heavy (non-hydrogen) atoms. The van der Waals surface area contributed by atoms with Gasteiger partial charge in [0.1, 0.15) is 0 Å². The Balaban J connectivity index is 1.43. The van der Waals surface area contributed by atoms with Crippen molar-refractivity contribution >= 4 is 11.9 Å². The van der Waals surface area contributed by atoms with Crippen LogP contribution in [0.1, 0.15) is 66.7 Å². The number of hydrogen-bond acceptors (Lipinski definition) is 8. The van der Waals surface area contributed by atoms with Crippen LogP contribution >= 0.6 is 0 Å². The van der Waals surface area contributed by atoms with Crippen molar-refractivity contribution in [2.75, 3.05) is 20.8 Å². The summed E-state index contributed by atoms with van der Waals surface area (Å²) in [5.74, 6) is -1.25. The second-order valence-corrected chi connectivity index (χ2v) is 9.18. The van der Waals surface area contributed by atoms with Crippen LogP contribution in [0.25, 0.3) is 0 Å². The minimum absolute atomic E-state index is 0.0653. The topological polar surface area (TPSA) is 89.5 Å². The summed E-state index contributed by atoms with van der Waals surface area (Å²) < 4.78 is 22.3. The fraction of sp³-hybridized carbons (Fsp3) is 0.667. The van der Waals surface area contributed by atoms with Gasteiger partial charge in [0.2, 0.25) is 5.79 Å². The van der Waals surface area contributed by atoms with E-state index in [-0.39, 0.29) is 24.4 Å². The summed E-state index contributed by atoms with van der Waals surface area (Å²) in [7, 11) is 2.95. The van der Waals surface area contributed by atoms with Gasteiger partial charge in [-0.05, 0) is 68.7 Å². The van der Waals surface area contributed by atoms with Crippen molar-refractivity contribution in [3.8, 4) is 0 Å². The van der Waals surface area contributed by atoms with E-state index >= 15 is 0 Å². The highest BCUT2D eigenvalue weighted by Gasteiger charge is 2.65. The van der Waals surface area contributed by atoms with E-state index in [9.17, 15) is 9.59 Å². The number of hydrogen-bond donors (Lipinski definition) is 0. The van der Waals surface area contributed by atoms with Gasteiger partial charge >= 0.3 is 11.9 Å². The largest absolute Gasteiger partial charge is 0.465 e. The maximum atomic E-state index is 12.5. The maximum Gasteiger partial charge on any atom is 0.338 e. The van der Waals surface area contributed by atoms with E-state index in [2.05, 4.69) is 11.7 Å². The van der Waals surface area contributed by atoms with Crippen LogP contribution in [-0.4, -0.2) is 50.4 Å². The molecule has 1 aromatic carbocycles. The highest BCUT2D eigenvalue weighted by molar-refractivity contribution is 5.93. The molecule has 3 aliphatic heterocycles. The number of carbonyl (C=O) groups excluding carboxylic acids is 2. The molecule has 3 heterocycles. The lowest BCUT2D eigenvalue weighted by Crippen LogP contribution is -2.63. The predicted octanol–water partition coefficient (Wildman–Crippen LogP) is 3.88. The van der Waals surface area contributed by atoms with Gasteiger partial charge in [-0.25, -0.2) is 19.4 Å². The monoisotopic (exact) mass is 448 g/mol. The van der Waals surface area contributed by atoms with Crippen LogP contribution < -0.4 is 0 Å². The number of methoxy groups -OCH3 is 2. The van der Waals surface area contributed by atoms with Crippen molar-refractivity contribution < 1.29 is 38.3 Å². The number of benzene rings is 1. The average Bonchev–Trinajstić information content (AvgIpc) is 2.98. The Kier molecular flexibility index (Phi) is 6.58. The molecule has 2 bridgehead atoms. The minimum Gasteiger partial charge on any atom is -0.465 e. The second kappa shape index (κ2) is 9.09. The third-order valence-electron chi connectivity index (χ3n) is 7.43. The van der Waals surface area contributed by atoms with Gasteiger partial charge in [0, 0.05) is 13.0 Å². The van der Waals surface area contributed by atoms with Crippen LogP contribution in [0, 0.1) is 17.8 Å². The smallest absolute Gasteiger partial charge is 0.338 e. The Morgan fingerprint density at radius 3 is 2.41 bits per heavy atom. The molecule has 1 saturated carbocycles. The van der Waals surface area contributed by atoms with Crippen molar-refractivity contribution in [1.82, 2.24) is 0 Å². The van der Waals surface area contributed by atoms with Gasteiger partial charge in [-0.15, -0.1) is 0 Å². The fourth-order valence-electron chi connectivity index (χ4n) is 5.42. The van der Waals surface area contributed by atoms with E-state index < -0.39 is 29.6 Å². The molecule has 1 aromatic rings. The van der Waals surface area contributed by atoms with E-state index in [1.807, 2.05) is 6.92 Å². The van der Waals surface area contributed by atoms with E-state index in [0.29, 0.717) is 17.5 Å². The van der Waals surface area contributed by atoms with Gasteiger partial charge in [0.25, 0.3) is 0 Å². The van der Waals surface area contributed by atoms with Crippen LogP contribution in [0.2, 0.25) is 0 Å². The van der Waals surface area contributed by atoms with Gasteiger partial charge in [-0.2, -0.15) is 0 Å². The van der Waals surface area contributed by atoms with Crippen LogP contribution in [0.5, 0.6) is 0 Å². The Hall–Kier alpha value is -2.00. The molecule has 8 heteroatoms.